The number of nitriles is 1. The molecule has 2 nitrogen and oxygen atoms in total. The number of fused-ring (bicyclic) bond motifs is 1. The van der Waals surface area contributed by atoms with Crippen molar-refractivity contribution in [3.05, 3.63) is 29.3 Å². The molecule has 0 bridgehead atoms. The molecule has 0 spiro atoms. The molecule has 2 rings (SSSR count). The highest BCUT2D eigenvalue weighted by Gasteiger charge is 2.21. The van der Waals surface area contributed by atoms with Crippen molar-refractivity contribution < 1.29 is 0 Å². The quantitative estimate of drug-likeness (QED) is 0.808. The molecule has 0 aromatic heterocycles. The number of benzene rings is 1. The molecule has 1 aromatic rings. The molecule has 0 fully saturated rings. The normalized spacial score (nSPS) is 15.1. The summed E-state index contributed by atoms with van der Waals surface area (Å²) < 4.78 is 0. The van der Waals surface area contributed by atoms with Crippen molar-refractivity contribution in [3.8, 4) is 6.07 Å². The lowest BCUT2D eigenvalue weighted by Gasteiger charge is -2.33. The first-order chi connectivity index (χ1) is 8.52. The predicted octanol–water partition coefficient (Wildman–Crippen LogP) is 3.69. The number of hydrogen-bond donors (Lipinski definition) is 0. The van der Waals surface area contributed by atoms with Crippen LogP contribution in [0.1, 0.15) is 37.8 Å². The second-order valence-electron chi connectivity index (χ2n) is 5.97. The molecule has 0 saturated carbocycles. The molecule has 18 heavy (non-hydrogen) atoms. The first kappa shape index (κ1) is 13.0. The minimum absolute atomic E-state index is 0.220. The fourth-order valence-electron chi connectivity index (χ4n) is 2.51. The van der Waals surface area contributed by atoms with E-state index >= 15 is 0 Å². The molecule has 96 valence electrons. The van der Waals surface area contributed by atoms with Crippen LogP contribution in [0, 0.1) is 23.7 Å². The summed E-state index contributed by atoms with van der Waals surface area (Å²) in [5.41, 5.74) is 3.96. The Bertz CT molecular complexity index is 468. The SMILES string of the molecule is Cc1ccc2c(c1)CCCN2CCC(C)(C)C#N. The fraction of sp³-hybridized carbons (Fsp3) is 0.562. The van der Waals surface area contributed by atoms with Crippen molar-refractivity contribution in [1.29, 1.82) is 5.26 Å². The Morgan fingerprint density at radius 2 is 2.17 bits per heavy atom. The lowest BCUT2D eigenvalue weighted by Crippen LogP contribution is -2.32. The molecule has 0 radical (unpaired) electrons. The molecule has 0 N–H and O–H groups in total. The number of nitrogens with zero attached hydrogens (tertiary/aromatic N) is 2. The molecule has 1 aliphatic heterocycles. The van der Waals surface area contributed by atoms with Crippen molar-refractivity contribution in [3.63, 3.8) is 0 Å². The number of hydrogen-bond acceptors (Lipinski definition) is 2. The molecular weight excluding hydrogens is 220 g/mol. The van der Waals surface area contributed by atoms with Crippen LogP contribution in [0.3, 0.4) is 0 Å². The number of aryl methyl sites for hydroxylation is 2. The molecule has 1 aromatic carbocycles. The molecule has 2 heteroatoms. The van der Waals surface area contributed by atoms with Crippen LogP contribution in [0.25, 0.3) is 0 Å². The summed E-state index contributed by atoms with van der Waals surface area (Å²) in [6.07, 6.45) is 3.34. The first-order valence-electron chi connectivity index (χ1n) is 6.77. The second-order valence-corrected chi connectivity index (χ2v) is 5.97. The Kier molecular flexibility index (Phi) is 3.61. The van der Waals surface area contributed by atoms with Gasteiger partial charge >= 0.3 is 0 Å². The lowest BCUT2D eigenvalue weighted by molar-refractivity contribution is 0.447. The van der Waals surface area contributed by atoms with E-state index in [-0.39, 0.29) is 5.41 Å². The molecular formula is C16H22N2. The zero-order chi connectivity index (χ0) is 13.2. The predicted molar refractivity (Wildman–Crippen MR) is 75.7 cm³/mol. The van der Waals surface area contributed by atoms with E-state index in [4.69, 9.17) is 5.26 Å². The van der Waals surface area contributed by atoms with Gasteiger partial charge in [-0.2, -0.15) is 5.26 Å². The zero-order valence-corrected chi connectivity index (χ0v) is 11.7. The Labute approximate surface area is 110 Å². The Hall–Kier alpha value is -1.49. The van der Waals surface area contributed by atoms with Crippen LogP contribution >= 0.6 is 0 Å². The summed E-state index contributed by atoms with van der Waals surface area (Å²) in [6, 6.07) is 9.12. The summed E-state index contributed by atoms with van der Waals surface area (Å²) >= 11 is 0. The maximum Gasteiger partial charge on any atom is 0.0684 e. The largest absolute Gasteiger partial charge is 0.371 e. The summed E-state index contributed by atoms with van der Waals surface area (Å²) in [5.74, 6) is 0. The van der Waals surface area contributed by atoms with Crippen LogP contribution in [0.2, 0.25) is 0 Å². The van der Waals surface area contributed by atoms with Crippen LogP contribution < -0.4 is 4.90 Å². The minimum atomic E-state index is -0.220. The average molecular weight is 242 g/mol. The van der Waals surface area contributed by atoms with E-state index in [1.807, 2.05) is 13.8 Å². The van der Waals surface area contributed by atoms with E-state index in [9.17, 15) is 0 Å². The molecule has 0 aliphatic carbocycles. The van der Waals surface area contributed by atoms with E-state index in [1.165, 1.54) is 29.7 Å². The average Bonchev–Trinajstić information content (AvgIpc) is 2.36. The zero-order valence-electron chi connectivity index (χ0n) is 11.7. The van der Waals surface area contributed by atoms with Crippen LogP contribution in [0.5, 0.6) is 0 Å². The maximum atomic E-state index is 9.09. The van der Waals surface area contributed by atoms with E-state index in [2.05, 4.69) is 36.1 Å². The lowest BCUT2D eigenvalue weighted by atomic mass is 9.90. The summed E-state index contributed by atoms with van der Waals surface area (Å²) in [6.45, 7) is 8.30. The van der Waals surface area contributed by atoms with Crippen LogP contribution in [-0.2, 0) is 6.42 Å². The van der Waals surface area contributed by atoms with Gasteiger partial charge in [0.25, 0.3) is 0 Å². The third kappa shape index (κ3) is 2.85. The first-order valence-corrected chi connectivity index (χ1v) is 6.77. The van der Waals surface area contributed by atoms with Crippen molar-refractivity contribution in [2.24, 2.45) is 5.41 Å². The Balaban J connectivity index is 2.11. The van der Waals surface area contributed by atoms with Gasteiger partial charge < -0.3 is 4.90 Å². The second kappa shape index (κ2) is 5.02. The summed E-state index contributed by atoms with van der Waals surface area (Å²) in [4.78, 5) is 2.44. The maximum absolute atomic E-state index is 9.09. The van der Waals surface area contributed by atoms with Gasteiger partial charge in [-0.05, 0) is 51.7 Å². The van der Waals surface area contributed by atoms with Crippen LogP contribution in [0.15, 0.2) is 18.2 Å². The van der Waals surface area contributed by atoms with E-state index in [0.29, 0.717) is 0 Å². The monoisotopic (exact) mass is 242 g/mol. The molecule has 1 heterocycles. The van der Waals surface area contributed by atoms with Gasteiger partial charge in [0.15, 0.2) is 0 Å². The minimum Gasteiger partial charge on any atom is -0.371 e. The standard InChI is InChI=1S/C16H22N2/c1-13-6-7-15-14(11-13)5-4-9-18(15)10-8-16(2,3)12-17/h6-7,11H,4-5,8-10H2,1-3H3. The van der Waals surface area contributed by atoms with Gasteiger partial charge in [0, 0.05) is 18.8 Å². The van der Waals surface area contributed by atoms with Crippen LogP contribution in [-0.4, -0.2) is 13.1 Å². The van der Waals surface area contributed by atoms with E-state index in [1.54, 1.807) is 0 Å². The van der Waals surface area contributed by atoms with Crippen molar-refractivity contribution in [2.75, 3.05) is 18.0 Å². The fourth-order valence-corrected chi connectivity index (χ4v) is 2.51. The molecule has 0 atom stereocenters. The third-order valence-corrected chi connectivity index (χ3v) is 3.76. The Morgan fingerprint density at radius 3 is 2.89 bits per heavy atom. The van der Waals surface area contributed by atoms with Gasteiger partial charge in [-0.1, -0.05) is 17.7 Å². The topological polar surface area (TPSA) is 27.0 Å². The van der Waals surface area contributed by atoms with E-state index in [0.717, 1.165) is 19.5 Å². The molecule has 1 aliphatic rings. The highest BCUT2D eigenvalue weighted by Crippen LogP contribution is 2.29. The molecule has 0 unspecified atom stereocenters. The van der Waals surface area contributed by atoms with Gasteiger partial charge in [-0.25, -0.2) is 0 Å². The number of anilines is 1. The summed E-state index contributed by atoms with van der Waals surface area (Å²) in [5, 5.41) is 9.09. The van der Waals surface area contributed by atoms with Gasteiger partial charge in [0.1, 0.15) is 0 Å². The molecule has 0 amide bonds. The summed E-state index contributed by atoms with van der Waals surface area (Å²) in [7, 11) is 0. The smallest absolute Gasteiger partial charge is 0.0684 e. The van der Waals surface area contributed by atoms with Crippen molar-refractivity contribution in [1.82, 2.24) is 0 Å². The van der Waals surface area contributed by atoms with Gasteiger partial charge in [-0.3, -0.25) is 0 Å². The van der Waals surface area contributed by atoms with Crippen molar-refractivity contribution >= 4 is 5.69 Å². The highest BCUT2D eigenvalue weighted by molar-refractivity contribution is 5.56. The third-order valence-electron chi connectivity index (χ3n) is 3.76. The van der Waals surface area contributed by atoms with Crippen molar-refractivity contribution in [2.45, 2.75) is 40.0 Å². The van der Waals surface area contributed by atoms with Gasteiger partial charge in [0.2, 0.25) is 0 Å². The number of rotatable bonds is 3. The van der Waals surface area contributed by atoms with E-state index < -0.39 is 0 Å². The van der Waals surface area contributed by atoms with Gasteiger partial charge in [0.05, 0.1) is 11.5 Å². The van der Waals surface area contributed by atoms with Crippen LogP contribution in [0.4, 0.5) is 5.69 Å². The Morgan fingerprint density at radius 1 is 1.39 bits per heavy atom. The highest BCUT2D eigenvalue weighted by atomic mass is 15.1. The van der Waals surface area contributed by atoms with Gasteiger partial charge in [-0.15, -0.1) is 0 Å². The molecule has 0 saturated heterocycles.